The fourth-order valence-corrected chi connectivity index (χ4v) is 3.07. The topological polar surface area (TPSA) is 44.5 Å². The molecule has 0 fully saturated rings. The van der Waals surface area contributed by atoms with Crippen molar-refractivity contribution < 1.29 is 13.9 Å². The summed E-state index contributed by atoms with van der Waals surface area (Å²) in [6, 6.07) is 10.6. The van der Waals surface area contributed by atoms with Crippen LogP contribution in [0, 0.1) is 5.82 Å². The lowest BCUT2D eigenvalue weighted by molar-refractivity contribution is -0.0171. The molecule has 2 aromatic carbocycles. The van der Waals surface area contributed by atoms with Crippen molar-refractivity contribution in [3.05, 3.63) is 53.3 Å². The van der Waals surface area contributed by atoms with E-state index in [-0.39, 0.29) is 12.6 Å². The van der Waals surface area contributed by atoms with Gasteiger partial charge in [-0.2, -0.15) is 0 Å². The molecule has 20 heavy (non-hydrogen) atoms. The predicted octanol–water partition coefficient (Wildman–Crippen LogP) is 3.57. The Balaban J connectivity index is 1.84. The summed E-state index contributed by atoms with van der Waals surface area (Å²) in [6.45, 7) is 0.599. The number of rotatable bonds is 3. The lowest BCUT2D eigenvalue weighted by Crippen LogP contribution is -2.13. The van der Waals surface area contributed by atoms with Gasteiger partial charge in [0.25, 0.3) is 0 Å². The number of para-hydroxylation sites is 1. The van der Waals surface area contributed by atoms with E-state index in [9.17, 15) is 4.39 Å². The molecule has 0 radical (unpaired) electrons. The minimum absolute atomic E-state index is 0.212. The van der Waals surface area contributed by atoms with Gasteiger partial charge in [0, 0.05) is 27.5 Å². The third-order valence-corrected chi connectivity index (χ3v) is 4.19. The van der Waals surface area contributed by atoms with Crippen molar-refractivity contribution in [2.75, 3.05) is 12.5 Å². The Kier molecular flexibility index (Phi) is 3.80. The van der Waals surface area contributed by atoms with Crippen LogP contribution in [0.25, 0.3) is 0 Å². The molecule has 3 nitrogen and oxygen atoms in total. The molecule has 0 amide bonds. The summed E-state index contributed by atoms with van der Waals surface area (Å²) in [7, 11) is 0. The average Bonchev–Trinajstić information content (AvgIpc) is 2.46. The van der Waals surface area contributed by atoms with E-state index in [2.05, 4.69) is 0 Å². The summed E-state index contributed by atoms with van der Waals surface area (Å²) in [6.07, 6.45) is 0. The number of benzene rings is 2. The van der Waals surface area contributed by atoms with Crippen molar-refractivity contribution in [3.8, 4) is 5.75 Å². The number of ether oxygens (including phenoxy) is 2. The predicted molar refractivity (Wildman–Crippen MR) is 77.1 cm³/mol. The van der Waals surface area contributed by atoms with Gasteiger partial charge >= 0.3 is 0 Å². The Hall–Kier alpha value is -1.72. The fraction of sp³-hybridized carbons (Fsp3) is 0.200. The van der Waals surface area contributed by atoms with Gasteiger partial charge in [-0.15, -0.1) is 11.8 Å². The number of hydrogen-bond donors (Lipinski definition) is 1. The molecular formula is C15H14FNO2S. The molecule has 104 valence electrons. The molecule has 0 aliphatic carbocycles. The van der Waals surface area contributed by atoms with Crippen molar-refractivity contribution in [2.45, 2.75) is 17.3 Å². The SMILES string of the molecule is Nc1ccccc1SCc1cc(F)cc2c1OCOC2. The highest BCUT2D eigenvalue weighted by atomic mass is 32.2. The summed E-state index contributed by atoms with van der Waals surface area (Å²) >= 11 is 1.57. The van der Waals surface area contributed by atoms with Crippen molar-refractivity contribution in [1.82, 2.24) is 0 Å². The quantitative estimate of drug-likeness (QED) is 0.693. The number of fused-ring (bicyclic) bond motifs is 1. The van der Waals surface area contributed by atoms with E-state index in [0.717, 1.165) is 27.5 Å². The second kappa shape index (κ2) is 5.73. The van der Waals surface area contributed by atoms with Crippen LogP contribution in [0.3, 0.4) is 0 Å². The molecular weight excluding hydrogens is 277 g/mol. The van der Waals surface area contributed by atoms with Crippen LogP contribution in [0.2, 0.25) is 0 Å². The van der Waals surface area contributed by atoms with Crippen LogP contribution >= 0.6 is 11.8 Å². The van der Waals surface area contributed by atoms with Gasteiger partial charge in [0.1, 0.15) is 11.6 Å². The minimum atomic E-state index is -0.269. The maximum atomic E-state index is 13.6. The van der Waals surface area contributed by atoms with E-state index in [0.29, 0.717) is 12.4 Å². The van der Waals surface area contributed by atoms with Crippen molar-refractivity contribution in [2.24, 2.45) is 0 Å². The number of halogens is 1. The Labute approximate surface area is 120 Å². The highest BCUT2D eigenvalue weighted by Gasteiger charge is 2.17. The number of nitrogen functional groups attached to an aromatic ring is 1. The zero-order valence-corrected chi connectivity index (χ0v) is 11.6. The van der Waals surface area contributed by atoms with Crippen molar-refractivity contribution in [3.63, 3.8) is 0 Å². The Morgan fingerprint density at radius 2 is 2.10 bits per heavy atom. The van der Waals surface area contributed by atoms with E-state index >= 15 is 0 Å². The number of anilines is 1. The smallest absolute Gasteiger partial charge is 0.189 e. The fourth-order valence-electron chi connectivity index (χ4n) is 2.13. The highest BCUT2D eigenvalue weighted by Crippen LogP contribution is 2.35. The van der Waals surface area contributed by atoms with E-state index in [1.54, 1.807) is 11.8 Å². The zero-order chi connectivity index (χ0) is 13.9. The number of nitrogens with two attached hydrogens (primary N) is 1. The molecule has 0 saturated heterocycles. The summed E-state index contributed by atoms with van der Waals surface area (Å²) in [5.74, 6) is 1.07. The number of thioether (sulfide) groups is 1. The van der Waals surface area contributed by atoms with E-state index in [1.807, 2.05) is 24.3 Å². The molecule has 1 aliphatic rings. The van der Waals surface area contributed by atoms with Crippen molar-refractivity contribution >= 4 is 17.4 Å². The summed E-state index contributed by atoms with van der Waals surface area (Å²) < 4.78 is 24.3. The third-order valence-electron chi connectivity index (χ3n) is 3.05. The maximum Gasteiger partial charge on any atom is 0.189 e. The monoisotopic (exact) mass is 291 g/mol. The molecule has 2 N–H and O–H groups in total. The summed E-state index contributed by atoms with van der Waals surface area (Å²) in [5.41, 5.74) is 8.22. The standard InChI is InChI=1S/C15H14FNO2S/c16-12-5-10-7-18-9-19-15(10)11(6-12)8-20-14-4-2-1-3-13(14)17/h1-6H,7-9,17H2. The second-order valence-electron chi connectivity index (χ2n) is 4.49. The molecule has 2 aromatic rings. The maximum absolute atomic E-state index is 13.6. The first-order chi connectivity index (χ1) is 9.74. The molecule has 0 atom stereocenters. The van der Waals surface area contributed by atoms with Gasteiger partial charge in [-0.3, -0.25) is 0 Å². The largest absolute Gasteiger partial charge is 0.467 e. The van der Waals surface area contributed by atoms with Gasteiger partial charge in [0.05, 0.1) is 6.61 Å². The first-order valence-corrected chi connectivity index (χ1v) is 7.22. The van der Waals surface area contributed by atoms with Crippen LogP contribution in [-0.2, 0) is 17.1 Å². The zero-order valence-electron chi connectivity index (χ0n) is 10.8. The lowest BCUT2D eigenvalue weighted by atomic mass is 10.1. The molecule has 0 unspecified atom stereocenters. The van der Waals surface area contributed by atoms with Crippen LogP contribution in [0.4, 0.5) is 10.1 Å². The molecule has 0 aromatic heterocycles. The van der Waals surface area contributed by atoms with Crippen LogP contribution < -0.4 is 10.5 Å². The van der Waals surface area contributed by atoms with Gasteiger partial charge in [0.15, 0.2) is 6.79 Å². The first-order valence-electron chi connectivity index (χ1n) is 6.23. The van der Waals surface area contributed by atoms with E-state index in [4.69, 9.17) is 15.2 Å². The van der Waals surface area contributed by atoms with Crippen LogP contribution in [0.5, 0.6) is 5.75 Å². The Morgan fingerprint density at radius 3 is 2.95 bits per heavy atom. The molecule has 0 saturated carbocycles. The van der Waals surface area contributed by atoms with Gasteiger partial charge < -0.3 is 15.2 Å². The molecule has 0 bridgehead atoms. The molecule has 1 aliphatic heterocycles. The van der Waals surface area contributed by atoms with Gasteiger partial charge in [0.2, 0.25) is 0 Å². The van der Waals surface area contributed by atoms with Gasteiger partial charge in [-0.1, -0.05) is 12.1 Å². The summed E-state index contributed by atoms with van der Waals surface area (Å²) in [4.78, 5) is 0.984. The minimum Gasteiger partial charge on any atom is -0.467 e. The number of hydrogen-bond acceptors (Lipinski definition) is 4. The molecule has 5 heteroatoms. The molecule has 3 rings (SSSR count). The van der Waals surface area contributed by atoms with Gasteiger partial charge in [-0.25, -0.2) is 4.39 Å². The van der Waals surface area contributed by atoms with Crippen molar-refractivity contribution in [1.29, 1.82) is 0 Å². The Morgan fingerprint density at radius 1 is 1.25 bits per heavy atom. The third kappa shape index (κ3) is 2.73. The normalized spacial score (nSPS) is 13.7. The highest BCUT2D eigenvalue weighted by molar-refractivity contribution is 7.98. The van der Waals surface area contributed by atoms with E-state index in [1.165, 1.54) is 12.1 Å². The van der Waals surface area contributed by atoms with Crippen LogP contribution in [0.15, 0.2) is 41.3 Å². The van der Waals surface area contributed by atoms with Gasteiger partial charge in [-0.05, 0) is 24.3 Å². The molecule has 1 heterocycles. The van der Waals surface area contributed by atoms with Crippen LogP contribution in [-0.4, -0.2) is 6.79 Å². The molecule has 0 spiro atoms. The van der Waals surface area contributed by atoms with E-state index < -0.39 is 0 Å². The first kappa shape index (κ1) is 13.3. The lowest BCUT2D eigenvalue weighted by Gasteiger charge is -2.20. The summed E-state index contributed by atoms with van der Waals surface area (Å²) in [5, 5.41) is 0. The van der Waals surface area contributed by atoms with Crippen LogP contribution in [0.1, 0.15) is 11.1 Å². The average molecular weight is 291 g/mol. The Bertz CT molecular complexity index is 633. The second-order valence-corrected chi connectivity index (χ2v) is 5.51.